The summed E-state index contributed by atoms with van der Waals surface area (Å²) in [4.78, 5) is 48.3. The Kier molecular flexibility index (Phi) is 6.31. The van der Waals surface area contributed by atoms with Gasteiger partial charge >= 0.3 is 0 Å². The first kappa shape index (κ1) is 19.0. The molecule has 0 radical (unpaired) electrons. The normalized spacial score (nSPS) is 10.1. The molecular weight excluding hydrogens is 336 g/mol. The molecule has 0 aromatic heterocycles. The molecule has 0 fully saturated rings. The number of nitrogens with two attached hydrogens (primary N) is 2. The second kappa shape index (κ2) is 8.65. The molecular formula is C18H18N4O4. The summed E-state index contributed by atoms with van der Waals surface area (Å²) in [5.41, 5.74) is 4.58. The third-order valence-corrected chi connectivity index (χ3v) is 3.79. The highest BCUT2D eigenvalue weighted by Gasteiger charge is 2.19. The van der Waals surface area contributed by atoms with Crippen molar-refractivity contribution in [3.8, 4) is 0 Å². The number of amides is 2. The van der Waals surface area contributed by atoms with Gasteiger partial charge in [-0.05, 0) is 12.1 Å². The van der Waals surface area contributed by atoms with E-state index in [9.17, 15) is 19.2 Å². The van der Waals surface area contributed by atoms with Crippen LogP contribution in [0, 0.1) is 0 Å². The van der Waals surface area contributed by atoms with Gasteiger partial charge in [0.2, 0.25) is 0 Å². The number of ketones is 2. The van der Waals surface area contributed by atoms with Crippen LogP contribution in [0.1, 0.15) is 54.3 Å². The minimum absolute atomic E-state index is 0.119. The molecule has 26 heavy (non-hydrogen) atoms. The van der Waals surface area contributed by atoms with Gasteiger partial charge in [-0.25, -0.2) is 11.7 Å². The van der Waals surface area contributed by atoms with E-state index >= 15 is 0 Å². The van der Waals surface area contributed by atoms with Crippen LogP contribution in [0.3, 0.4) is 0 Å². The minimum atomic E-state index is -0.592. The van der Waals surface area contributed by atoms with Crippen molar-refractivity contribution in [1.82, 2.24) is 10.9 Å². The Morgan fingerprint density at radius 2 is 0.923 bits per heavy atom. The van der Waals surface area contributed by atoms with Crippen molar-refractivity contribution in [2.45, 2.75) is 12.8 Å². The van der Waals surface area contributed by atoms with E-state index in [1.54, 1.807) is 24.3 Å². The monoisotopic (exact) mass is 354 g/mol. The van der Waals surface area contributed by atoms with E-state index in [0.717, 1.165) is 0 Å². The van der Waals surface area contributed by atoms with Crippen LogP contribution < -0.4 is 22.5 Å². The van der Waals surface area contributed by atoms with Crippen molar-refractivity contribution in [2.24, 2.45) is 11.7 Å². The molecule has 0 saturated carbocycles. The third kappa shape index (κ3) is 4.18. The van der Waals surface area contributed by atoms with E-state index in [2.05, 4.69) is 0 Å². The maximum absolute atomic E-state index is 12.4. The summed E-state index contributed by atoms with van der Waals surface area (Å²) < 4.78 is 0. The zero-order valence-electron chi connectivity index (χ0n) is 13.8. The van der Waals surface area contributed by atoms with Gasteiger partial charge in [0.05, 0.1) is 11.1 Å². The molecule has 0 atom stereocenters. The number of hydrazine groups is 2. The van der Waals surface area contributed by atoms with Crippen LogP contribution in [-0.4, -0.2) is 23.4 Å². The van der Waals surface area contributed by atoms with Crippen LogP contribution in [0.2, 0.25) is 0 Å². The number of Topliss-reactive ketones (excluding diaryl/α,β-unsaturated/α-hetero) is 2. The molecule has 2 amide bonds. The summed E-state index contributed by atoms with van der Waals surface area (Å²) in [6.45, 7) is 0. The van der Waals surface area contributed by atoms with E-state index in [1.807, 2.05) is 10.9 Å². The quantitative estimate of drug-likeness (QED) is 0.250. The lowest BCUT2D eigenvalue weighted by molar-refractivity contribution is 0.0901. The number of hydrogen-bond acceptors (Lipinski definition) is 6. The largest absolute Gasteiger partial charge is 0.294 e. The van der Waals surface area contributed by atoms with E-state index < -0.39 is 11.8 Å². The average molecular weight is 354 g/mol. The molecule has 8 nitrogen and oxygen atoms in total. The Bertz CT molecular complexity index is 792. The van der Waals surface area contributed by atoms with Crippen molar-refractivity contribution in [1.29, 1.82) is 0 Å². The number of nitrogens with one attached hydrogen (secondary N) is 2. The van der Waals surface area contributed by atoms with Crippen LogP contribution in [0.4, 0.5) is 0 Å². The summed E-state index contributed by atoms with van der Waals surface area (Å²) in [5.74, 6) is 8.29. The van der Waals surface area contributed by atoms with Gasteiger partial charge in [-0.15, -0.1) is 0 Å². The predicted octanol–water partition coefficient (Wildman–Crippen LogP) is 0.739. The lowest BCUT2D eigenvalue weighted by atomic mass is 9.96. The van der Waals surface area contributed by atoms with Crippen molar-refractivity contribution in [3.63, 3.8) is 0 Å². The molecule has 0 saturated heterocycles. The van der Waals surface area contributed by atoms with Gasteiger partial charge in [0, 0.05) is 24.0 Å². The van der Waals surface area contributed by atoms with Crippen molar-refractivity contribution >= 4 is 23.4 Å². The topological polar surface area (TPSA) is 144 Å². The summed E-state index contributed by atoms with van der Waals surface area (Å²) in [6, 6.07) is 12.4. The highest BCUT2D eigenvalue weighted by atomic mass is 16.2. The highest BCUT2D eigenvalue weighted by molar-refractivity contribution is 6.11. The van der Waals surface area contributed by atoms with E-state index in [0.29, 0.717) is 0 Å². The Hall–Kier alpha value is -3.36. The molecule has 2 aromatic rings. The molecule has 0 heterocycles. The Morgan fingerprint density at radius 3 is 1.23 bits per heavy atom. The fraction of sp³-hybridized carbons (Fsp3) is 0.111. The fourth-order valence-electron chi connectivity index (χ4n) is 2.50. The Morgan fingerprint density at radius 1 is 0.615 bits per heavy atom. The Balaban J connectivity index is 2.15. The van der Waals surface area contributed by atoms with Crippen LogP contribution >= 0.6 is 0 Å². The first-order chi connectivity index (χ1) is 12.5. The molecule has 0 aliphatic carbocycles. The van der Waals surface area contributed by atoms with Gasteiger partial charge < -0.3 is 0 Å². The lowest BCUT2D eigenvalue weighted by Gasteiger charge is -2.09. The molecule has 0 aliphatic rings. The van der Waals surface area contributed by atoms with Gasteiger partial charge in [-0.3, -0.25) is 30.0 Å². The molecule has 6 N–H and O–H groups in total. The third-order valence-electron chi connectivity index (χ3n) is 3.79. The molecule has 0 unspecified atom stereocenters. The number of nitrogen functional groups attached to an aromatic ring is 2. The van der Waals surface area contributed by atoms with E-state index in [1.165, 1.54) is 24.3 Å². The van der Waals surface area contributed by atoms with Gasteiger partial charge in [0.15, 0.2) is 11.6 Å². The molecule has 0 bridgehead atoms. The first-order valence-corrected chi connectivity index (χ1v) is 7.76. The zero-order chi connectivity index (χ0) is 19.1. The fourth-order valence-corrected chi connectivity index (χ4v) is 2.50. The second-order valence-electron chi connectivity index (χ2n) is 5.38. The molecule has 0 spiro atoms. The van der Waals surface area contributed by atoms with Crippen LogP contribution in [0.25, 0.3) is 0 Å². The molecule has 2 aromatic carbocycles. The van der Waals surface area contributed by atoms with Crippen LogP contribution in [0.15, 0.2) is 48.5 Å². The van der Waals surface area contributed by atoms with E-state index in [-0.39, 0.29) is 46.7 Å². The van der Waals surface area contributed by atoms with Crippen molar-refractivity contribution < 1.29 is 19.2 Å². The smallest absolute Gasteiger partial charge is 0.265 e. The number of benzene rings is 2. The molecule has 8 heteroatoms. The van der Waals surface area contributed by atoms with Crippen molar-refractivity contribution in [3.05, 3.63) is 70.8 Å². The highest BCUT2D eigenvalue weighted by Crippen LogP contribution is 2.16. The second-order valence-corrected chi connectivity index (χ2v) is 5.38. The summed E-state index contributed by atoms with van der Waals surface area (Å²) >= 11 is 0. The first-order valence-electron chi connectivity index (χ1n) is 7.76. The number of carbonyl (C=O) groups excluding carboxylic acids is 4. The Labute approximate surface area is 149 Å². The lowest BCUT2D eigenvalue weighted by Crippen LogP contribution is -2.31. The average Bonchev–Trinajstić information content (AvgIpc) is 2.70. The maximum atomic E-state index is 12.4. The predicted molar refractivity (Wildman–Crippen MR) is 94.1 cm³/mol. The van der Waals surface area contributed by atoms with Crippen LogP contribution in [0.5, 0.6) is 0 Å². The maximum Gasteiger partial charge on any atom is 0.265 e. The molecule has 0 aliphatic heterocycles. The molecule has 2 rings (SSSR count). The zero-order valence-corrected chi connectivity index (χ0v) is 13.8. The van der Waals surface area contributed by atoms with Crippen molar-refractivity contribution in [2.75, 3.05) is 0 Å². The number of carbonyl (C=O) groups is 4. The number of hydrogen-bond donors (Lipinski definition) is 4. The summed E-state index contributed by atoms with van der Waals surface area (Å²) in [7, 11) is 0. The van der Waals surface area contributed by atoms with E-state index in [4.69, 9.17) is 11.7 Å². The van der Waals surface area contributed by atoms with Gasteiger partial charge in [0.1, 0.15) is 0 Å². The van der Waals surface area contributed by atoms with Gasteiger partial charge in [-0.2, -0.15) is 0 Å². The standard InChI is InChI=1S/C18H18N4O4/c19-21-17(25)13-7-3-1-5-11(13)15(23)9-10-16(24)12-6-2-4-8-14(12)18(26)22-20/h1-8H,9-10,19-20H2,(H,21,25)(H,22,26). The summed E-state index contributed by atoms with van der Waals surface area (Å²) in [5, 5.41) is 0. The van der Waals surface area contributed by atoms with Gasteiger partial charge in [0.25, 0.3) is 11.8 Å². The number of rotatable bonds is 7. The minimum Gasteiger partial charge on any atom is -0.294 e. The van der Waals surface area contributed by atoms with Crippen LogP contribution in [-0.2, 0) is 0 Å². The molecule has 134 valence electrons. The SMILES string of the molecule is NNC(=O)c1ccccc1C(=O)CCC(=O)c1ccccc1C(=O)NN. The summed E-state index contributed by atoms with van der Waals surface area (Å²) in [6.07, 6.45) is -0.238. The van der Waals surface area contributed by atoms with Gasteiger partial charge in [-0.1, -0.05) is 36.4 Å².